The molecule has 1 aliphatic heterocycles. The van der Waals surface area contributed by atoms with Gasteiger partial charge >= 0.3 is 0 Å². The van der Waals surface area contributed by atoms with Crippen LogP contribution in [-0.4, -0.2) is 38.8 Å². The maximum absolute atomic E-state index is 12.4. The van der Waals surface area contributed by atoms with E-state index in [2.05, 4.69) is 47.2 Å². The number of nitrogens with zero attached hydrogens (tertiary/aromatic N) is 3. The van der Waals surface area contributed by atoms with E-state index in [9.17, 15) is 4.79 Å². The molecule has 0 unspecified atom stereocenters. The first-order valence-corrected chi connectivity index (χ1v) is 10.4. The van der Waals surface area contributed by atoms with Crippen LogP contribution in [0.2, 0.25) is 0 Å². The number of pyridine rings is 1. The highest BCUT2D eigenvalue weighted by molar-refractivity contribution is 9.10. The summed E-state index contributed by atoms with van der Waals surface area (Å²) in [6, 6.07) is 5.90. The molecule has 3 aromatic rings. The lowest BCUT2D eigenvalue weighted by Crippen LogP contribution is -2.28. The van der Waals surface area contributed by atoms with Crippen LogP contribution in [0.25, 0.3) is 11.2 Å². The standard InChI is InChI=1S/C18H20BrN5OS/c19-12-8-14-17(20-9-12)23-16(22-14)10-21-18(25)15-5-4-13(26-15)11-24-6-2-1-3-7-24/h4-5,8-9H,1-3,6-7,10-11H2,(H,21,25)(H,20,22,23). The molecule has 6 nitrogen and oxygen atoms in total. The first-order chi connectivity index (χ1) is 12.7. The van der Waals surface area contributed by atoms with Gasteiger partial charge in [0.25, 0.3) is 5.91 Å². The largest absolute Gasteiger partial charge is 0.344 e. The molecule has 0 saturated carbocycles. The molecule has 0 aromatic carbocycles. The number of imidazole rings is 1. The maximum Gasteiger partial charge on any atom is 0.261 e. The summed E-state index contributed by atoms with van der Waals surface area (Å²) in [7, 11) is 0. The van der Waals surface area contributed by atoms with Crippen LogP contribution in [-0.2, 0) is 13.1 Å². The molecular weight excluding hydrogens is 414 g/mol. The van der Waals surface area contributed by atoms with Crippen molar-refractivity contribution in [1.82, 2.24) is 25.2 Å². The zero-order valence-electron chi connectivity index (χ0n) is 14.3. The summed E-state index contributed by atoms with van der Waals surface area (Å²) in [4.78, 5) is 28.7. The second-order valence-corrected chi connectivity index (χ2v) is 8.58. The lowest BCUT2D eigenvalue weighted by molar-refractivity contribution is 0.0954. The third kappa shape index (κ3) is 4.13. The number of carbonyl (C=O) groups excluding carboxylic acids is 1. The Morgan fingerprint density at radius 3 is 3.00 bits per heavy atom. The van der Waals surface area contributed by atoms with Crippen molar-refractivity contribution in [2.75, 3.05) is 13.1 Å². The Morgan fingerprint density at radius 1 is 1.31 bits per heavy atom. The summed E-state index contributed by atoms with van der Waals surface area (Å²) < 4.78 is 0.893. The van der Waals surface area contributed by atoms with Gasteiger partial charge in [-0.05, 0) is 60.1 Å². The number of hydrogen-bond acceptors (Lipinski definition) is 5. The fraction of sp³-hybridized carbons (Fsp3) is 0.389. The molecule has 136 valence electrons. The van der Waals surface area contributed by atoms with E-state index in [0.29, 0.717) is 18.0 Å². The molecule has 0 radical (unpaired) electrons. The predicted octanol–water partition coefficient (Wildman–Crippen LogP) is 3.70. The van der Waals surface area contributed by atoms with Gasteiger partial charge in [-0.2, -0.15) is 0 Å². The summed E-state index contributed by atoms with van der Waals surface area (Å²) in [5.41, 5.74) is 1.50. The number of likely N-dealkylation sites (tertiary alicyclic amines) is 1. The molecule has 2 N–H and O–H groups in total. The molecule has 0 spiro atoms. The second kappa shape index (κ2) is 7.85. The van der Waals surface area contributed by atoms with Crippen molar-refractivity contribution < 1.29 is 4.79 Å². The van der Waals surface area contributed by atoms with Crippen molar-refractivity contribution in [3.05, 3.63) is 44.4 Å². The van der Waals surface area contributed by atoms with Crippen LogP contribution in [0.4, 0.5) is 0 Å². The van der Waals surface area contributed by atoms with Crippen LogP contribution in [0.3, 0.4) is 0 Å². The van der Waals surface area contributed by atoms with Gasteiger partial charge in [-0.15, -0.1) is 11.3 Å². The average molecular weight is 434 g/mol. The van der Waals surface area contributed by atoms with Crippen LogP contribution >= 0.6 is 27.3 Å². The minimum absolute atomic E-state index is 0.0607. The zero-order valence-corrected chi connectivity index (χ0v) is 16.7. The average Bonchev–Trinajstić information content (AvgIpc) is 3.27. The molecule has 1 saturated heterocycles. The number of H-pyrrole nitrogens is 1. The Morgan fingerprint density at radius 2 is 2.15 bits per heavy atom. The minimum atomic E-state index is -0.0607. The lowest BCUT2D eigenvalue weighted by Gasteiger charge is -2.25. The van der Waals surface area contributed by atoms with Gasteiger partial charge in [-0.25, -0.2) is 9.97 Å². The number of thiophene rings is 1. The van der Waals surface area contributed by atoms with Crippen LogP contribution in [0.1, 0.15) is 39.6 Å². The highest BCUT2D eigenvalue weighted by Gasteiger charge is 2.14. The Bertz CT molecular complexity index is 915. The minimum Gasteiger partial charge on any atom is -0.344 e. The first-order valence-electron chi connectivity index (χ1n) is 8.77. The fourth-order valence-electron chi connectivity index (χ4n) is 3.18. The van der Waals surface area contributed by atoms with E-state index in [1.807, 2.05) is 12.1 Å². The highest BCUT2D eigenvalue weighted by atomic mass is 79.9. The number of aromatic amines is 1. The molecule has 0 bridgehead atoms. The van der Waals surface area contributed by atoms with Crippen molar-refractivity contribution in [2.45, 2.75) is 32.4 Å². The molecule has 1 aliphatic rings. The number of halogens is 1. The number of aromatic nitrogens is 3. The fourth-order valence-corrected chi connectivity index (χ4v) is 4.48. The number of fused-ring (bicyclic) bond motifs is 1. The van der Waals surface area contributed by atoms with Crippen molar-refractivity contribution in [3.8, 4) is 0 Å². The van der Waals surface area contributed by atoms with E-state index in [-0.39, 0.29) is 5.91 Å². The molecule has 1 amide bonds. The first kappa shape index (κ1) is 17.6. The monoisotopic (exact) mass is 433 g/mol. The number of carbonyl (C=O) groups is 1. The summed E-state index contributed by atoms with van der Waals surface area (Å²) in [5, 5.41) is 2.93. The highest BCUT2D eigenvalue weighted by Crippen LogP contribution is 2.21. The molecule has 0 atom stereocenters. The van der Waals surface area contributed by atoms with E-state index < -0.39 is 0 Å². The van der Waals surface area contributed by atoms with Crippen molar-refractivity contribution in [2.24, 2.45) is 0 Å². The molecular formula is C18H20BrN5OS. The van der Waals surface area contributed by atoms with Gasteiger partial charge in [0, 0.05) is 22.1 Å². The van der Waals surface area contributed by atoms with Gasteiger partial charge in [0.1, 0.15) is 5.82 Å². The van der Waals surface area contributed by atoms with Gasteiger partial charge in [-0.1, -0.05) is 6.42 Å². The third-order valence-corrected chi connectivity index (χ3v) is 5.99. The van der Waals surface area contributed by atoms with E-state index in [4.69, 9.17) is 0 Å². The van der Waals surface area contributed by atoms with E-state index in [1.54, 1.807) is 17.5 Å². The van der Waals surface area contributed by atoms with Crippen LogP contribution in [0.15, 0.2) is 28.9 Å². The van der Waals surface area contributed by atoms with Crippen LogP contribution in [0, 0.1) is 0 Å². The number of hydrogen-bond donors (Lipinski definition) is 2. The predicted molar refractivity (Wildman–Crippen MR) is 106 cm³/mol. The summed E-state index contributed by atoms with van der Waals surface area (Å²) >= 11 is 4.96. The Hall–Kier alpha value is -1.77. The lowest BCUT2D eigenvalue weighted by atomic mass is 10.1. The smallest absolute Gasteiger partial charge is 0.261 e. The molecule has 4 rings (SSSR count). The number of piperidine rings is 1. The van der Waals surface area contributed by atoms with Gasteiger partial charge in [0.05, 0.1) is 16.9 Å². The topological polar surface area (TPSA) is 73.9 Å². The third-order valence-electron chi connectivity index (χ3n) is 4.48. The van der Waals surface area contributed by atoms with Gasteiger partial charge < -0.3 is 10.3 Å². The van der Waals surface area contributed by atoms with Crippen molar-refractivity contribution in [3.63, 3.8) is 0 Å². The van der Waals surface area contributed by atoms with Crippen LogP contribution < -0.4 is 5.32 Å². The Kier molecular flexibility index (Phi) is 5.33. The SMILES string of the molecule is O=C(NCc1nc2ncc(Br)cc2[nH]1)c1ccc(CN2CCCCC2)s1. The Balaban J connectivity index is 1.35. The molecule has 8 heteroatoms. The summed E-state index contributed by atoms with van der Waals surface area (Å²) in [5.74, 6) is 0.638. The maximum atomic E-state index is 12.4. The molecule has 0 aliphatic carbocycles. The summed E-state index contributed by atoms with van der Waals surface area (Å²) in [6.45, 7) is 3.62. The summed E-state index contributed by atoms with van der Waals surface area (Å²) in [6.07, 6.45) is 5.60. The number of nitrogens with one attached hydrogen (secondary N) is 2. The van der Waals surface area contributed by atoms with E-state index in [0.717, 1.165) is 34.5 Å². The van der Waals surface area contributed by atoms with Crippen LogP contribution in [0.5, 0.6) is 0 Å². The second-order valence-electron chi connectivity index (χ2n) is 6.49. The molecule has 26 heavy (non-hydrogen) atoms. The van der Waals surface area contributed by atoms with Crippen molar-refractivity contribution in [1.29, 1.82) is 0 Å². The molecule has 3 aromatic heterocycles. The zero-order chi connectivity index (χ0) is 17.9. The molecule has 1 fully saturated rings. The number of rotatable bonds is 5. The normalized spacial score (nSPS) is 15.4. The van der Waals surface area contributed by atoms with Crippen molar-refractivity contribution >= 4 is 44.3 Å². The van der Waals surface area contributed by atoms with Gasteiger partial charge in [0.15, 0.2) is 5.65 Å². The van der Waals surface area contributed by atoms with E-state index >= 15 is 0 Å². The molecule has 4 heterocycles. The van der Waals surface area contributed by atoms with Gasteiger partial charge in [-0.3, -0.25) is 9.69 Å². The van der Waals surface area contributed by atoms with E-state index in [1.165, 1.54) is 24.1 Å². The van der Waals surface area contributed by atoms with Gasteiger partial charge in [0.2, 0.25) is 0 Å². The quantitative estimate of drug-likeness (QED) is 0.643. The Labute approximate surface area is 164 Å². The number of amides is 1.